The third kappa shape index (κ3) is 4.50. The SMILES string of the molecule is CN(C)CCN(C(=O)c1cnc2ccccc2n1)c1nc2ccc(F)cc2s1.Cl. The molecule has 9 heteroatoms. The lowest BCUT2D eigenvalue weighted by molar-refractivity contribution is 0.0980. The molecule has 1 amide bonds. The van der Waals surface area contributed by atoms with Gasteiger partial charge >= 0.3 is 0 Å². The highest BCUT2D eigenvalue weighted by atomic mass is 35.5. The first kappa shape index (κ1) is 21.0. The van der Waals surface area contributed by atoms with E-state index < -0.39 is 0 Å². The fourth-order valence-electron chi connectivity index (χ4n) is 2.78. The summed E-state index contributed by atoms with van der Waals surface area (Å²) in [6.45, 7) is 1.08. The highest BCUT2D eigenvalue weighted by Crippen LogP contribution is 2.30. The van der Waals surface area contributed by atoms with Crippen LogP contribution in [-0.4, -0.2) is 52.9 Å². The maximum absolute atomic E-state index is 13.5. The summed E-state index contributed by atoms with van der Waals surface area (Å²) in [5.41, 5.74) is 2.30. The lowest BCUT2D eigenvalue weighted by Crippen LogP contribution is -2.37. The van der Waals surface area contributed by atoms with Crippen molar-refractivity contribution < 1.29 is 9.18 Å². The number of nitrogens with zero attached hydrogens (tertiary/aromatic N) is 5. The quantitative estimate of drug-likeness (QED) is 0.477. The van der Waals surface area contributed by atoms with Gasteiger partial charge < -0.3 is 4.90 Å². The average Bonchev–Trinajstić information content (AvgIpc) is 3.10. The van der Waals surface area contributed by atoms with E-state index in [4.69, 9.17) is 0 Å². The largest absolute Gasteiger partial charge is 0.308 e. The summed E-state index contributed by atoms with van der Waals surface area (Å²) in [5.74, 6) is -0.603. The third-order valence-electron chi connectivity index (χ3n) is 4.25. The average molecular weight is 432 g/mol. The molecular weight excluding hydrogens is 413 g/mol. The zero-order valence-corrected chi connectivity index (χ0v) is 17.5. The Balaban J connectivity index is 0.00000240. The molecule has 0 unspecified atom stereocenters. The number of benzene rings is 2. The predicted molar refractivity (Wildman–Crippen MR) is 117 cm³/mol. The summed E-state index contributed by atoms with van der Waals surface area (Å²) in [7, 11) is 3.87. The van der Waals surface area contributed by atoms with Crippen LogP contribution in [0.1, 0.15) is 10.5 Å². The highest BCUT2D eigenvalue weighted by Gasteiger charge is 2.23. The van der Waals surface area contributed by atoms with Gasteiger partial charge in [0.25, 0.3) is 5.91 Å². The first-order valence-corrected chi connectivity index (χ1v) is 9.57. The number of fused-ring (bicyclic) bond motifs is 2. The lowest BCUT2D eigenvalue weighted by atomic mass is 10.3. The van der Waals surface area contributed by atoms with Crippen molar-refractivity contribution >= 4 is 56.0 Å². The van der Waals surface area contributed by atoms with Gasteiger partial charge in [0.05, 0.1) is 27.4 Å². The second-order valence-electron chi connectivity index (χ2n) is 6.61. The minimum absolute atomic E-state index is 0. The first-order chi connectivity index (χ1) is 13.5. The van der Waals surface area contributed by atoms with E-state index in [9.17, 15) is 9.18 Å². The van der Waals surface area contributed by atoms with Crippen LogP contribution >= 0.6 is 23.7 Å². The smallest absolute Gasteiger partial charge is 0.280 e. The molecule has 0 saturated carbocycles. The fourth-order valence-corrected chi connectivity index (χ4v) is 3.80. The van der Waals surface area contributed by atoms with Crippen LogP contribution in [0.3, 0.4) is 0 Å². The van der Waals surface area contributed by atoms with E-state index in [1.54, 1.807) is 11.0 Å². The molecule has 29 heavy (non-hydrogen) atoms. The maximum atomic E-state index is 13.5. The van der Waals surface area contributed by atoms with Crippen LogP contribution in [0.25, 0.3) is 21.3 Å². The van der Waals surface area contributed by atoms with Gasteiger partial charge in [-0.3, -0.25) is 14.7 Å². The molecule has 0 spiro atoms. The van der Waals surface area contributed by atoms with E-state index in [0.29, 0.717) is 34.0 Å². The summed E-state index contributed by atoms with van der Waals surface area (Å²) >= 11 is 1.29. The van der Waals surface area contributed by atoms with Crippen LogP contribution in [0.5, 0.6) is 0 Å². The Bertz CT molecular complexity index is 1170. The molecule has 6 nitrogen and oxygen atoms in total. The van der Waals surface area contributed by atoms with Crippen molar-refractivity contribution in [2.45, 2.75) is 0 Å². The Morgan fingerprint density at radius 2 is 1.79 bits per heavy atom. The molecule has 0 radical (unpaired) electrons. The highest BCUT2D eigenvalue weighted by molar-refractivity contribution is 7.22. The number of halogens is 2. The van der Waals surface area contributed by atoms with E-state index in [0.717, 1.165) is 5.52 Å². The van der Waals surface area contributed by atoms with E-state index in [1.807, 2.05) is 43.3 Å². The zero-order chi connectivity index (χ0) is 19.7. The normalized spacial score (nSPS) is 11.0. The molecule has 0 atom stereocenters. The number of thiazole rings is 1. The van der Waals surface area contributed by atoms with Crippen LogP contribution < -0.4 is 4.90 Å². The number of likely N-dealkylation sites (N-methyl/N-ethyl adjacent to an activating group) is 1. The molecular formula is C20H19ClFN5OS. The van der Waals surface area contributed by atoms with Crippen molar-refractivity contribution in [1.29, 1.82) is 0 Å². The van der Waals surface area contributed by atoms with Crippen LogP contribution in [0.4, 0.5) is 9.52 Å². The standard InChI is InChI=1S/C20H18FN5OS.ClH/c1-25(2)9-10-26(20-24-16-8-7-13(21)11-18(16)28-20)19(27)17-12-22-14-5-3-4-6-15(14)23-17;/h3-8,11-12H,9-10H2,1-2H3;1H. The van der Waals surface area contributed by atoms with Crippen LogP contribution in [-0.2, 0) is 0 Å². The van der Waals surface area contributed by atoms with Gasteiger partial charge in [-0.25, -0.2) is 14.4 Å². The molecule has 0 fully saturated rings. The second kappa shape index (κ2) is 8.77. The molecule has 4 rings (SSSR count). The second-order valence-corrected chi connectivity index (χ2v) is 7.62. The number of rotatable bonds is 5. The van der Waals surface area contributed by atoms with Crippen LogP contribution in [0.15, 0.2) is 48.7 Å². The number of carbonyl (C=O) groups excluding carboxylic acids is 1. The van der Waals surface area contributed by atoms with Crippen LogP contribution in [0.2, 0.25) is 0 Å². The van der Waals surface area contributed by atoms with Gasteiger partial charge in [0.1, 0.15) is 11.5 Å². The summed E-state index contributed by atoms with van der Waals surface area (Å²) in [6, 6.07) is 11.8. The summed E-state index contributed by atoms with van der Waals surface area (Å²) in [6.07, 6.45) is 1.49. The van der Waals surface area contributed by atoms with Crippen molar-refractivity contribution in [3.63, 3.8) is 0 Å². The topological polar surface area (TPSA) is 62.2 Å². The van der Waals surface area contributed by atoms with E-state index in [2.05, 4.69) is 15.0 Å². The molecule has 0 bridgehead atoms. The molecule has 0 aliphatic heterocycles. The van der Waals surface area contributed by atoms with Crippen molar-refractivity contribution in [1.82, 2.24) is 19.9 Å². The van der Waals surface area contributed by atoms with Gasteiger partial charge in [-0.05, 0) is 44.4 Å². The molecule has 150 valence electrons. The fraction of sp³-hybridized carbons (Fsp3) is 0.200. The zero-order valence-electron chi connectivity index (χ0n) is 15.9. The molecule has 0 N–H and O–H groups in total. The van der Waals surface area contributed by atoms with E-state index in [-0.39, 0.29) is 29.8 Å². The van der Waals surface area contributed by atoms with Crippen molar-refractivity contribution in [3.05, 3.63) is 60.2 Å². The third-order valence-corrected chi connectivity index (χ3v) is 5.29. The minimum Gasteiger partial charge on any atom is -0.308 e. The number of para-hydroxylation sites is 2. The molecule has 0 aliphatic rings. The molecule has 4 aromatic rings. The Morgan fingerprint density at radius 3 is 2.55 bits per heavy atom. The Kier molecular flexibility index (Phi) is 6.36. The Morgan fingerprint density at radius 1 is 1.03 bits per heavy atom. The molecule has 2 aromatic heterocycles. The Labute approximate surface area is 177 Å². The molecule has 2 heterocycles. The minimum atomic E-state index is -0.325. The number of hydrogen-bond acceptors (Lipinski definition) is 6. The van der Waals surface area contributed by atoms with Crippen molar-refractivity contribution in [3.8, 4) is 0 Å². The lowest BCUT2D eigenvalue weighted by Gasteiger charge is -2.21. The van der Waals surface area contributed by atoms with Gasteiger partial charge in [0.2, 0.25) is 0 Å². The van der Waals surface area contributed by atoms with Gasteiger partial charge in [0, 0.05) is 13.1 Å². The number of anilines is 1. The van der Waals surface area contributed by atoms with Gasteiger partial charge in [-0.2, -0.15) is 0 Å². The van der Waals surface area contributed by atoms with Gasteiger partial charge in [-0.15, -0.1) is 12.4 Å². The van der Waals surface area contributed by atoms with Crippen molar-refractivity contribution in [2.75, 3.05) is 32.1 Å². The number of hydrogen-bond donors (Lipinski definition) is 0. The maximum Gasteiger partial charge on any atom is 0.280 e. The molecule has 0 aliphatic carbocycles. The predicted octanol–water partition coefficient (Wildman–Crippen LogP) is 4.01. The van der Waals surface area contributed by atoms with Crippen LogP contribution in [0, 0.1) is 5.82 Å². The number of amides is 1. The summed E-state index contributed by atoms with van der Waals surface area (Å²) in [5, 5.41) is 0.516. The van der Waals surface area contributed by atoms with E-state index >= 15 is 0 Å². The Hall–Kier alpha value is -2.68. The van der Waals surface area contributed by atoms with Crippen molar-refractivity contribution in [2.24, 2.45) is 0 Å². The summed E-state index contributed by atoms with van der Waals surface area (Å²) in [4.78, 5) is 30.2. The molecule has 2 aromatic carbocycles. The number of carbonyl (C=O) groups is 1. The first-order valence-electron chi connectivity index (χ1n) is 8.76. The van der Waals surface area contributed by atoms with Gasteiger partial charge in [-0.1, -0.05) is 23.5 Å². The van der Waals surface area contributed by atoms with Gasteiger partial charge in [0.15, 0.2) is 5.13 Å². The summed E-state index contributed by atoms with van der Waals surface area (Å²) < 4.78 is 14.2. The monoisotopic (exact) mass is 431 g/mol. The molecule has 0 saturated heterocycles. The number of aromatic nitrogens is 3. The van der Waals surface area contributed by atoms with E-state index in [1.165, 1.54) is 29.7 Å².